The van der Waals surface area contributed by atoms with Crippen molar-refractivity contribution in [3.8, 4) is 22.6 Å². The number of oxazole rings is 1. The minimum atomic E-state index is -3.71. The summed E-state index contributed by atoms with van der Waals surface area (Å²) in [5, 5.41) is 5.11. The van der Waals surface area contributed by atoms with E-state index in [0.29, 0.717) is 11.7 Å². The molecule has 0 saturated heterocycles. The van der Waals surface area contributed by atoms with Crippen LogP contribution in [0.2, 0.25) is 0 Å². The van der Waals surface area contributed by atoms with Crippen molar-refractivity contribution in [3.05, 3.63) is 60.5 Å². The van der Waals surface area contributed by atoms with Crippen LogP contribution >= 0.6 is 0 Å². The van der Waals surface area contributed by atoms with Gasteiger partial charge in [0.05, 0.1) is 4.90 Å². The maximum absolute atomic E-state index is 11.3. The zero-order valence-corrected chi connectivity index (χ0v) is 12.7. The summed E-state index contributed by atoms with van der Waals surface area (Å²) in [5.74, 6) is 1.15. The van der Waals surface area contributed by atoms with Gasteiger partial charge in [-0.25, -0.2) is 18.5 Å². The number of nitrogens with zero attached hydrogens (tertiary/aromatic N) is 1. The largest absolute Gasteiger partial charge is 0.440 e. The average molecular weight is 314 g/mol. The van der Waals surface area contributed by atoms with Crippen molar-refractivity contribution in [2.45, 2.75) is 11.8 Å². The third-order valence-corrected chi connectivity index (χ3v) is 4.16. The van der Waals surface area contributed by atoms with Crippen LogP contribution in [-0.2, 0) is 10.0 Å². The number of primary sulfonamides is 1. The molecule has 3 aromatic rings. The van der Waals surface area contributed by atoms with Gasteiger partial charge in [0.25, 0.3) is 0 Å². The molecule has 2 N–H and O–H groups in total. The lowest BCUT2D eigenvalue weighted by Gasteiger charge is -2.03. The standard InChI is InChI=1S/C16H14N2O3S/c1-11-18-15(12-5-3-2-4-6-12)16(21-11)13-7-9-14(10-8-13)22(17,19)20/h2-10H,1H3,(H2,17,19,20). The Bertz CT molecular complexity index is 898. The lowest BCUT2D eigenvalue weighted by atomic mass is 10.1. The van der Waals surface area contributed by atoms with E-state index in [9.17, 15) is 8.42 Å². The number of benzene rings is 2. The molecule has 0 radical (unpaired) electrons. The zero-order chi connectivity index (χ0) is 15.7. The van der Waals surface area contributed by atoms with Crippen molar-refractivity contribution in [2.24, 2.45) is 5.14 Å². The Labute approximate surface area is 128 Å². The van der Waals surface area contributed by atoms with E-state index in [0.717, 1.165) is 16.8 Å². The molecule has 2 aromatic carbocycles. The Morgan fingerprint density at radius 2 is 1.59 bits per heavy atom. The highest BCUT2D eigenvalue weighted by Gasteiger charge is 2.16. The molecule has 1 heterocycles. The summed E-state index contributed by atoms with van der Waals surface area (Å²) in [5.41, 5.74) is 2.40. The van der Waals surface area contributed by atoms with Crippen molar-refractivity contribution < 1.29 is 12.8 Å². The zero-order valence-electron chi connectivity index (χ0n) is 11.9. The second-order valence-corrected chi connectivity index (χ2v) is 6.41. The lowest BCUT2D eigenvalue weighted by molar-refractivity contribution is 0.534. The molecular weight excluding hydrogens is 300 g/mol. The first-order chi connectivity index (χ1) is 10.4. The molecule has 0 spiro atoms. The van der Waals surface area contributed by atoms with Crippen molar-refractivity contribution in [1.29, 1.82) is 0 Å². The van der Waals surface area contributed by atoms with Crippen molar-refractivity contribution >= 4 is 10.0 Å². The molecule has 5 nitrogen and oxygen atoms in total. The molecule has 0 amide bonds. The van der Waals surface area contributed by atoms with Crippen LogP contribution in [0.15, 0.2) is 63.9 Å². The number of hydrogen-bond donors (Lipinski definition) is 1. The first-order valence-electron chi connectivity index (χ1n) is 6.61. The maximum Gasteiger partial charge on any atom is 0.238 e. The predicted octanol–water partition coefficient (Wildman–Crippen LogP) is 2.96. The smallest absolute Gasteiger partial charge is 0.238 e. The third-order valence-electron chi connectivity index (χ3n) is 3.23. The summed E-state index contributed by atoms with van der Waals surface area (Å²) in [6, 6.07) is 15.9. The lowest BCUT2D eigenvalue weighted by Crippen LogP contribution is -2.11. The van der Waals surface area contributed by atoms with Gasteiger partial charge in [0, 0.05) is 18.1 Å². The molecule has 0 bridgehead atoms. The van der Waals surface area contributed by atoms with Gasteiger partial charge in [-0.3, -0.25) is 0 Å². The van der Waals surface area contributed by atoms with Crippen LogP contribution in [0.5, 0.6) is 0 Å². The van der Waals surface area contributed by atoms with E-state index >= 15 is 0 Å². The number of rotatable bonds is 3. The second kappa shape index (κ2) is 5.40. The first-order valence-corrected chi connectivity index (χ1v) is 8.16. The fraction of sp³-hybridized carbons (Fsp3) is 0.0625. The number of nitrogens with two attached hydrogens (primary N) is 1. The highest BCUT2D eigenvalue weighted by atomic mass is 32.2. The van der Waals surface area contributed by atoms with E-state index in [-0.39, 0.29) is 4.90 Å². The Morgan fingerprint density at radius 1 is 0.955 bits per heavy atom. The molecule has 1 aromatic heterocycles. The Balaban J connectivity index is 2.10. The minimum Gasteiger partial charge on any atom is -0.440 e. The molecule has 0 fully saturated rings. The first kappa shape index (κ1) is 14.5. The SMILES string of the molecule is Cc1nc(-c2ccccc2)c(-c2ccc(S(N)(=O)=O)cc2)o1. The number of aromatic nitrogens is 1. The summed E-state index contributed by atoms with van der Waals surface area (Å²) in [6.07, 6.45) is 0. The predicted molar refractivity (Wildman–Crippen MR) is 83.5 cm³/mol. The Hall–Kier alpha value is -2.44. The van der Waals surface area contributed by atoms with E-state index in [1.54, 1.807) is 19.1 Å². The molecule has 0 aliphatic carbocycles. The van der Waals surface area contributed by atoms with Crippen LogP contribution in [0, 0.1) is 6.92 Å². The summed E-state index contributed by atoms with van der Waals surface area (Å²) < 4.78 is 28.3. The fourth-order valence-corrected chi connectivity index (χ4v) is 2.73. The van der Waals surface area contributed by atoms with Crippen LogP contribution in [-0.4, -0.2) is 13.4 Å². The number of hydrogen-bond acceptors (Lipinski definition) is 4. The normalized spacial score (nSPS) is 11.5. The van der Waals surface area contributed by atoms with Crippen LogP contribution in [0.3, 0.4) is 0 Å². The van der Waals surface area contributed by atoms with E-state index < -0.39 is 10.0 Å². The number of sulfonamides is 1. The van der Waals surface area contributed by atoms with E-state index in [4.69, 9.17) is 9.56 Å². The molecule has 0 saturated carbocycles. The quantitative estimate of drug-likeness (QED) is 0.805. The van der Waals surface area contributed by atoms with Gasteiger partial charge in [0.1, 0.15) is 5.69 Å². The summed E-state index contributed by atoms with van der Waals surface area (Å²) in [7, 11) is -3.71. The van der Waals surface area contributed by atoms with E-state index in [1.165, 1.54) is 12.1 Å². The molecule has 0 atom stereocenters. The molecule has 0 aliphatic rings. The van der Waals surface area contributed by atoms with Gasteiger partial charge in [-0.15, -0.1) is 0 Å². The molecule has 3 rings (SSSR count). The summed E-state index contributed by atoms with van der Waals surface area (Å²) in [6.45, 7) is 1.77. The van der Waals surface area contributed by atoms with Gasteiger partial charge >= 0.3 is 0 Å². The van der Waals surface area contributed by atoms with Gasteiger partial charge in [0.15, 0.2) is 11.7 Å². The molecule has 22 heavy (non-hydrogen) atoms. The maximum atomic E-state index is 11.3. The fourth-order valence-electron chi connectivity index (χ4n) is 2.21. The molecule has 0 unspecified atom stereocenters. The topological polar surface area (TPSA) is 86.2 Å². The summed E-state index contributed by atoms with van der Waals surface area (Å²) >= 11 is 0. The molecular formula is C16H14N2O3S. The minimum absolute atomic E-state index is 0.0637. The van der Waals surface area contributed by atoms with Crippen LogP contribution in [0.25, 0.3) is 22.6 Å². The summed E-state index contributed by atoms with van der Waals surface area (Å²) in [4.78, 5) is 4.48. The number of aryl methyl sites for hydroxylation is 1. The van der Waals surface area contributed by atoms with Gasteiger partial charge in [-0.05, 0) is 24.3 Å². The van der Waals surface area contributed by atoms with Crippen molar-refractivity contribution in [3.63, 3.8) is 0 Å². The second-order valence-electron chi connectivity index (χ2n) is 4.85. The third kappa shape index (κ3) is 2.79. The Morgan fingerprint density at radius 3 is 2.18 bits per heavy atom. The van der Waals surface area contributed by atoms with Crippen molar-refractivity contribution in [1.82, 2.24) is 4.98 Å². The Kier molecular flexibility index (Phi) is 3.56. The average Bonchev–Trinajstić information content (AvgIpc) is 2.89. The monoisotopic (exact) mass is 314 g/mol. The molecule has 0 aliphatic heterocycles. The van der Waals surface area contributed by atoms with Gasteiger partial charge in [0.2, 0.25) is 10.0 Å². The van der Waals surface area contributed by atoms with Crippen LogP contribution < -0.4 is 5.14 Å². The van der Waals surface area contributed by atoms with E-state index in [2.05, 4.69) is 4.98 Å². The van der Waals surface area contributed by atoms with Gasteiger partial charge in [-0.2, -0.15) is 0 Å². The van der Waals surface area contributed by atoms with Gasteiger partial charge < -0.3 is 4.42 Å². The highest BCUT2D eigenvalue weighted by Crippen LogP contribution is 2.32. The highest BCUT2D eigenvalue weighted by molar-refractivity contribution is 7.89. The van der Waals surface area contributed by atoms with Crippen molar-refractivity contribution in [2.75, 3.05) is 0 Å². The van der Waals surface area contributed by atoms with Crippen LogP contribution in [0.1, 0.15) is 5.89 Å². The van der Waals surface area contributed by atoms with E-state index in [1.807, 2.05) is 30.3 Å². The van der Waals surface area contributed by atoms with Gasteiger partial charge in [-0.1, -0.05) is 30.3 Å². The van der Waals surface area contributed by atoms with Crippen LogP contribution in [0.4, 0.5) is 0 Å². The molecule has 6 heteroatoms. The molecule has 112 valence electrons.